The minimum absolute atomic E-state index is 0.196. The number of methoxy groups -OCH3 is 1. The van der Waals surface area contributed by atoms with Gasteiger partial charge in [0, 0.05) is 24.3 Å². The fourth-order valence-electron chi connectivity index (χ4n) is 2.41. The number of phenolic OH excluding ortho intramolecular Hbond substituents is 1. The molecule has 0 amide bonds. The largest absolute Gasteiger partial charge is 0.508 e. The molecular weight excluding hydrogens is 751 g/mol. The third-order valence-corrected chi connectivity index (χ3v) is 5.06. The number of nitrogen functional groups attached to an aromatic ring is 2. The summed E-state index contributed by atoms with van der Waals surface area (Å²) < 4.78 is 13.2. The van der Waals surface area contributed by atoms with E-state index < -0.39 is 0 Å². The van der Waals surface area contributed by atoms with Crippen LogP contribution < -0.4 is 16.2 Å². The van der Waals surface area contributed by atoms with Crippen LogP contribution in [0.1, 0.15) is 15.2 Å². The quantitative estimate of drug-likeness (QED) is 0.169. The third kappa shape index (κ3) is 9.98. The van der Waals surface area contributed by atoms with Gasteiger partial charge in [-0.2, -0.15) is 0 Å². The second kappa shape index (κ2) is 15.0. The van der Waals surface area contributed by atoms with Crippen molar-refractivity contribution in [3.8, 4) is 11.5 Å². The number of aromatic hydroxyl groups is 1. The van der Waals surface area contributed by atoms with E-state index in [0.29, 0.717) is 24.1 Å². The molecule has 5 N–H and O–H groups in total. The maximum Gasteiger partial charge on any atom is 0.369 e. The lowest BCUT2D eigenvalue weighted by molar-refractivity contribution is 0.415. The van der Waals surface area contributed by atoms with E-state index in [-0.39, 0.29) is 8.93 Å². The summed E-state index contributed by atoms with van der Waals surface area (Å²) in [6.45, 7) is 2.29. The number of fused-ring (bicyclic) bond motifs is 2. The fraction of sp³-hybridized carbons (Fsp3) is 0.143. The maximum absolute atomic E-state index is 9.20. The summed E-state index contributed by atoms with van der Waals surface area (Å²) in [5, 5.41) is 11.2. The molecule has 4 aromatic rings. The SMILES string of the molecule is BrB(Br)Br.COc1ccc2cc(Br)c(N)nc2c1.Nc1nc2cc(O)ccc2cc1Br.[2H]CC. The maximum atomic E-state index is 9.20. The van der Waals surface area contributed by atoms with E-state index in [1.165, 1.54) is 0 Å². The van der Waals surface area contributed by atoms with Crippen LogP contribution in [0.5, 0.6) is 11.5 Å². The highest BCUT2D eigenvalue weighted by Gasteiger charge is 2.03. The van der Waals surface area contributed by atoms with Gasteiger partial charge in [-0.05, 0) is 68.3 Å². The van der Waals surface area contributed by atoms with E-state index in [0.717, 1.165) is 31.0 Å². The Hall–Kier alpha value is -1.08. The molecule has 2 aromatic heterocycles. The lowest BCUT2D eigenvalue weighted by Gasteiger charge is -2.03. The monoisotopic (exact) mass is 769 g/mol. The molecule has 0 fully saturated rings. The van der Waals surface area contributed by atoms with Crippen molar-refractivity contribution in [2.45, 2.75) is 13.8 Å². The highest BCUT2D eigenvalue weighted by Crippen LogP contribution is 2.26. The van der Waals surface area contributed by atoms with Crippen molar-refractivity contribution >= 4 is 116 Å². The molecule has 0 radical (unpaired) electrons. The number of phenols is 1. The molecule has 0 atom stereocenters. The van der Waals surface area contributed by atoms with Crippen LogP contribution in [-0.4, -0.2) is 25.4 Å². The second-order valence-electron chi connectivity index (χ2n) is 5.89. The number of hydrogen-bond donors (Lipinski definition) is 3. The summed E-state index contributed by atoms with van der Waals surface area (Å²) in [6, 6.07) is 14.5. The molecule has 0 aliphatic carbocycles. The molecular formula is C21H22BBr5N4O2. The average molecular weight is 774 g/mol. The molecule has 4 rings (SSSR count). The van der Waals surface area contributed by atoms with Crippen molar-refractivity contribution in [1.29, 1.82) is 0 Å². The number of nitrogens with two attached hydrogens (primary N) is 2. The van der Waals surface area contributed by atoms with Crippen LogP contribution in [0.3, 0.4) is 0 Å². The molecule has 33 heavy (non-hydrogen) atoms. The number of ether oxygens (including phenoxy) is 1. The first-order chi connectivity index (χ1) is 16.0. The molecule has 2 heterocycles. The molecule has 0 saturated heterocycles. The smallest absolute Gasteiger partial charge is 0.369 e. The van der Waals surface area contributed by atoms with Gasteiger partial charge >= 0.3 is 3.18 Å². The Kier molecular flexibility index (Phi) is 12.8. The van der Waals surface area contributed by atoms with Gasteiger partial charge in [-0.15, -0.1) is 47.3 Å². The summed E-state index contributed by atoms with van der Waals surface area (Å²) >= 11 is 15.9. The van der Waals surface area contributed by atoms with E-state index >= 15 is 0 Å². The standard InChI is InChI=1S/C10H9BrN2O.C9H7BrN2O.C2H6.BBr3/c1-14-7-3-2-6-4-8(11)10(12)13-9(6)5-7;10-7-3-5-1-2-6(13)4-8(5)12-9(7)11;1-2;2-1(3)4/h2-5H,1H3,(H2,12,13);1-4,13H,(H2,11,12);1-2H3;/i;;1D;. The normalized spacial score (nSPS) is 9.97. The first-order valence-electron chi connectivity index (χ1n) is 9.89. The van der Waals surface area contributed by atoms with Crippen molar-refractivity contribution in [1.82, 2.24) is 9.97 Å². The number of halogens is 5. The first-order valence-corrected chi connectivity index (χ1v) is 13.5. The molecule has 2 aromatic carbocycles. The topological polar surface area (TPSA) is 107 Å². The highest BCUT2D eigenvalue weighted by molar-refractivity contribution is 9.69. The number of hydrogen-bond acceptors (Lipinski definition) is 6. The predicted molar refractivity (Wildman–Crippen MR) is 160 cm³/mol. The van der Waals surface area contributed by atoms with Gasteiger partial charge in [-0.1, -0.05) is 13.8 Å². The Labute approximate surface area is 236 Å². The zero-order chi connectivity index (χ0) is 25.8. The Bertz CT molecular complexity index is 1220. The predicted octanol–water partition coefficient (Wildman–Crippen LogP) is 8.06. The van der Waals surface area contributed by atoms with Gasteiger partial charge < -0.3 is 21.3 Å². The van der Waals surface area contributed by atoms with Crippen LogP contribution in [0.2, 0.25) is 0 Å². The van der Waals surface area contributed by atoms with Gasteiger partial charge in [0.25, 0.3) is 0 Å². The molecule has 176 valence electrons. The van der Waals surface area contributed by atoms with Crippen LogP contribution in [0.25, 0.3) is 21.8 Å². The fourth-order valence-corrected chi connectivity index (χ4v) is 3.08. The highest BCUT2D eigenvalue weighted by atomic mass is 79.9. The Morgan fingerprint density at radius 1 is 0.879 bits per heavy atom. The molecule has 0 aliphatic rings. The van der Waals surface area contributed by atoms with Crippen molar-refractivity contribution in [2.75, 3.05) is 18.6 Å². The number of benzene rings is 2. The van der Waals surface area contributed by atoms with Gasteiger partial charge in [0.2, 0.25) is 0 Å². The summed E-state index contributed by atoms with van der Waals surface area (Å²) in [5.74, 6) is 1.90. The van der Waals surface area contributed by atoms with Gasteiger partial charge in [0.05, 0.1) is 27.1 Å². The van der Waals surface area contributed by atoms with E-state index in [4.69, 9.17) is 17.6 Å². The number of pyridine rings is 2. The van der Waals surface area contributed by atoms with Crippen LogP contribution in [0.15, 0.2) is 57.5 Å². The lowest BCUT2D eigenvalue weighted by Crippen LogP contribution is -1.92. The molecule has 0 bridgehead atoms. The Balaban J connectivity index is 0.000000269. The van der Waals surface area contributed by atoms with Gasteiger partial charge in [0.1, 0.15) is 23.1 Å². The summed E-state index contributed by atoms with van der Waals surface area (Å²) in [7, 11) is 1.63. The Morgan fingerprint density at radius 2 is 1.30 bits per heavy atom. The molecule has 0 aliphatic heterocycles. The van der Waals surface area contributed by atoms with Crippen LogP contribution in [0.4, 0.5) is 11.6 Å². The summed E-state index contributed by atoms with van der Waals surface area (Å²) in [4.78, 5) is 8.34. The molecule has 12 heteroatoms. The van der Waals surface area contributed by atoms with Crippen molar-refractivity contribution in [3.63, 3.8) is 0 Å². The van der Waals surface area contributed by atoms with E-state index in [9.17, 15) is 5.11 Å². The average Bonchev–Trinajstić information content (AvgIpc) is 2.76. The van der Waals surface area contributed by atoms with Gasteiger partial charge in [-0.3, -0.25) is 0 Å². The molecule has 0 spiro atoms. The minimum Gasteiger partial charge on any atom is -0.508 e. The van der Waals surface area contributed by atoms with Crippen molar-refractivity contribution in [3.05, 3.63) is 57.5 Å². The third-order valence-electron chi connectivity index (χ3n) is 3.79. The minimum atomic E-state index is 0.196. The van der Waals surface area contributed by atoms with Crippen LogP contribution >= 0.6 is 79.1 Å². The lowest BCUT2D eigenvalue weighted by atomic mass is 10.2. The number of aromatic nitrogens is 2. The number of anilines is 2. The Morgan fingerprint density at radius 3 is 1.76 bits per heavy atom. The van der Waals surface area contributed by atoms with E-state index in [2.05, 4.69) is 89.1 Å². The van der Waals surface area contributed by atoms with E-state index in [1.807, 2.05) is 30.3 Å². The van der Waals surface area contributed by atoms with Crippen LogP contribution in [0, 0.1) is 0 Å². The first kappa shape index (κ1) is 28.2. The summed E-state index contributed by atoms with van der Waals surface area (Å²) in [5.41, 5.74) is 12.8. The number of rotatable bonds is 1. The van der Waals surface area contributed by atoms with E-state index in [1.54, 1.807) is 32.2 Å². The van der Waals surface area contributed by atoms with Crippen LogP contribution in [-0.2, 0) is 0 Å². The van der Waals surface area contributed by atoms with Gasteiger partial charge in [-0.25, -0.2) is 9.97 Å². The van der Waals surface area contributed by atoms with Crippen molar-refractivity contribution < 1.29 is 11.2 Å². The molecule has 0 saturated carbocycles. The van der Waals surface area contributed by atoms with Gasteiger partial charge in [0.15, 0.2) is 0 Å². The number of nitrogens with zero attached hydrogens (tertiary/aromatic N) is 2. The van der Waals surface area contributed by atoms with Crippen molar-refractivity contribution in [2.24, 2.45) is 0 Å². The zero-order valence-electron chi connectivity index (χ0n) is 18.7. The second-order valence-corrected chi connectivity index (χ2v) is 14.0. The molecule has 0 unspecified atom stereocenters. The zero-order valence-corrected chi connectivity index (χ0v) is 25.6. The molecule has 6 nitrogen and oxygen atoms in total. The summed E-state index contributed by atoms with van der Waals surface area (Å²) in [6.07, 6.45) is 0.